The van der Waals surface area contributed by atoms with Crippen LogP contribution in [0.15, 0.2) is 0 Å². The number of hydrogen-bond acceptors (Lipinski definition) is 2. The van der Waals surface area contributed by atoms with Gasteiger partial charge < -0.3 is 10.6 Å². The average Bonchev–Trinajstić information content (AvgIpc) is 2.25. The van der Waals surface area contributed by atoms with Gasteiger partial charge in [0.05, 0.1) is 0 Å². The van der Waals surface area contributed by atoms with Gasteiger partial charge in [-0.3, -0.25) is 4.79 Å². The maximum absolute atomic E-state index is 11.9. The summed E-state index contributed by atoms with van der Waals surface area (Å²) in [6.45, 7) is 5.08. The Labute approximate surface area is 93.0 Å². The zero-order valence-corrected chi connectivity index (χ0v) is 10.0. The van der Waals surface area contributed by atoms with Crippen LogP contribution in [0.3, 0.4) is 0 Å². The highest BCUT2D eigenvalue weighted by atomic mass is 16.2. The maximum atomic E-state index is 11.9. The molecule has 0 saturated carbocycles. The molecule has 15 heavy (non-hydrogen) atoms. The molecule has 1 aliphatic heterocycles. The van der Waals surface area contributed by atoms with Crippen molar-refractivity contribution in [2.24, 2.45) is 5.73 Å². The average molecular weight is 212 g/mol. The summed E-state index contributed by atoms with van der Waals surface area (Å²) in [5.41, 5.74) is 5.67. The molecule has 1 amide bonds. The number of rotatable bonds is 4. The second-order valence-electron chi connectivity index (χ2n) is 4.66. The Morgan fingerprint density at radius 2 is 2.27 bits per heavy atom. The molecule has 88 valence electrons. The van der Waals surface area contributed by atoms with Gasteiger partial charge in [-0.05, 0) is 39.0 Å². The van der Waals surface area contributed by atoms with Crippen LogP contribution in [0.5, 0.6) is 0 Å². The third-order valence-electron chi connectivity index (χ3n) is 3.23. The topological polar surface area (TPSA) is 46.3 Å². The second kappa shape index (κ2) is 6.11. The highest BCUT2D eigenvalue weighted by Crippen LogP contribution is 2.20. The Kier molecular flexibility index (Phi) is 5.09. The number of carbonyl (C=O) groups is 1. The fourth-order valence-electron chi connectivity index (χ4n) is 2.25. The molecular weight excluding hydrogens is 188 g/mol. The SMILES string of the molecule is CCC1CCCCN1C(=O)CCC(C)N. The van der Waals surface area contributed by atoms with E-state index in [2.05, 4.69) is 11.8 Å². The van der Waals surface area contributed by atoms with Crippen molar-refractivity contribution in [3.63, 3.8) is 0 Å². The van der Waals surface area contributed by atoms with E-state index in [9.17, 15) is 4.79 Å². The monoisotopic (exact) mass is 212 g/mol. The molecule has 1 aliphatic rings. The van der Waals surface area contributed by atoms with Crippen molar-refractivity contribution in [1.82, 2.24) is 4.90 Å². The van der Waals surface area contributed by atoms with Crippen molar-refractivity contribution in [3.05, 3.63) is 0 Å². The standard InChI is InChI=1S/C12H24N2O/c1-3-11-6-4-5-9-14(11)12(15)8-7-10(2)13/h10-11H,3-9,13H2,1-2H3. The quantitative estimate of drug-likeness (QED) is 0.773. The second-order valence-corrected chi connectivity index (χ2v) is 4.66. The van der Waals surface area contributed by atoms with E-state index in [0.717, 1.165) is 19.4 Å². The third kappa shape index (κ3) is 3.82. The molecular formula is C12H24N2O. The van der Waals surface area contributed by atoms with Gasteiger partial charge >= 0.3 is 0 Å². The summed E-state index contributed by atoms with van der Waals surface area (Å²) in [4.78, 5) is 14.0. The number of hydrogen-bond donors (Lipinski definition) is 1. The summed E-state index contributed by atoms with van der Waals surface area (Å²) in [6, 6.07) is 0.623. The van der Waals surface area contributed by atoms with E-state index in [1.54, 1.807) is 0 Å². The zero-order valence-electron chi connectivity index (χ0n) is 10.0. The predicted octanol–water partition coefficient (Wildman–Crippen LogP) is 1.90. The molecule has 0 aromatic rings. The molecule has 0 aliphatic carbocycles. The molecule has 0 aromatic carbocycles. The normalized spacial score (nSPS) is 23.9. The van der Waals surface area contributed by atoms with E-state index in [4.69, 9.17) is 5.73 Å². The summed E-state index contributed by atoms with van der Waals surface area (Å²) in [7, 11) is 0. The Bertz CT molecular complexity index is 204. The predicted molar refractivity (Wildman–Crippen MR) is 62.5 cm³/mol. The lowest BCUT2D eigenvalue weighted by Gasteiger charge is -2.35. The minimum absolute atomic E-state index is 0.138. The van der Waals surface area contributed by atoms with Crippen LogP contribution in [0.4, 0.5) is 0 Å². The van der Waals surface area contributed by atoms with E-state index in [0.29, 0.717) is 18.4 Å². The van der Waals surface area contributed by atoms with Gasteiger partial charge in [0.2, 0.25) is 5.91 Å². The zero-order chi connectivity index (χ0) is 11.3. The minimum atomic E-state index is 0.138. The lowest BCUT2D eigenvalue weighted by Crippen LogP contribution is -2.43. The minimum Gasteiger partial charge on any atom is -0.340 e. The Morgan fingerprint density at radius 3 is 2.87 bits per heavy atom. The summed E-state index contributed by atoms with van der Waals surface area (Å²) >= 11 is 0. The van der Waals surface area contributed by atoms with Crippen LogP contribution < -0.4 is 5.73 Å². The lowest BCUT2D eigenvalue weighted by atomic mass is 9.99. The number of likely N-dealkylation sites (tertiary alicyclic amines) is 1. The molecule has 2 unspecified atom stereocenters. The van der Waals surface area contributed by atoms with E-state index in [1.165, 1.54) is 19.3 Å². The van der Waals surface area contributed by atoms with Crippen LogP contribution in [-0.2, 0) is 4.79 Å². The van der Waals surface area contributed by atoms with Gasteiger partial charge in [0.15, 0.2) is 0 Å². The Morgan fingerprint density at radius 1 is 1.53 bits per heavy atom. The molecule has 2 N–H and O–H groups in total. The molecule has 0 aromatic heterocycles. The van der Waals surface area contributed by atoms with Crippen molar-refractivity contribution in [3.8, 4) is 0 Å². The number of nitrogens with two attached hydrogens (primary N) is 1. The molecule has 3 nitrogen and oxygen atoms in total. The molecule has 1 rings (SSSR count). The van der Waals surface area contributed by atoms with Gasteiger partial charge in [-0.1, -0.05) is 6.92 Å². The highest BCUT2D eigenvalue weighted by molar-refractivity contribution is 5.76. The molecule has 1 fully saturated rings. The first-order valence-electron chi connectivity index (χ1n) is 6.20. The third-order valence-corrected chi connectivity index (χ3v) is 3.23. The van der Waals surface area contributed by atoms with E-state index in [1.807, 2.05) is 6.92 Å². The summed E-state index contributed by atoms with van der Waals surface area (Å²) < 4.78 is 0. The lowest BCUT2D eigenvalue weighted by molar-refractivity contribution is -0.135. The summed E-state index contributed by atoms with van der Waals surface area (Å²) in [6.07, 6.45) is 6.14. The van der Waals surface area contributed by atoms with Gasteiger partial charge in [0.25, 0.3) is 0 Å². The maximum Gasteiger partial charge on any atom is 0.222 e. The van der Waals surface area contributed by atoms with Crippen LogP contribution in [0.25, 0.3) is 0 Å². The van der Waals surface area contributed by atoms with Crippen molar-refractivity contribution < 1.29 is 4.79 Å². The van der Waals surface area contributed by atoms with Gasteiger partial charge in [-0.2, -0.15) is 0 Å². The molecule has 2 atom stereocenters. The first-order chi connectivity index (χ1) is 7.15. The number of carbonyl (C=O) groups excluding carboxylic acids is 1. The van der Waals surface area contributed by atoms with Crippen molar-refractivity contribution in [2.75, 3.05) is 6.54 Å². The van der Waals surface area contributed by atoms with Crippen molar-refractivity contribution in [1.29, 1.82) is 0 Å². The smallest absolute Gasteiger partial charge is 0.222 e. The van der Waals surface area contributed by atoms with Crippen LogP contribution in [0, 0.1) is 0 Å². The van der Waals surface area contributed by atoms with Gasteiger partial charge in [0, 0.05) is 25.0 Å². The van der Waals surface area contributed by atoms with Gasteiger partial charge in [0.1, 0.15) is 0 Å². The van der Waals surface area contributed by atoms with Crippen molar-refractivity contribution in [2.45, 2.75) is 64.5 Å². The van der Waals surface area contributed by atoms with Gasteiger partial charge in [-0.15, -0.1) is 0 Å². The van der Waals surface area contributed by atoms with E-state index >= 15 is 0 Å². The van der Waals surface area contributed by atoms with Crippen LogP contribution >= 0.6 is 0 Å². The fraction of sp³-hybridized carbons (Fsp3) is 0.917. The van der Waals surface area contributed by atoms with E-state index < -0.39 is 0 Å². The number of piperidine rings is 1. The highest BCUT2D eigenvalue weighted by Gasteiger charge is 2.24. The molecule has 0 radical (unpaired) electrons. The van der Waals surface area contributed by atoms with Crippen molar-refractivity contribution >= 4 is 5.91 Å². The van der Waals surface area contributed by atoms with Crippen LogP contribution in [0.1, 0.15) is 52.4 Å². The molecule has 1 saturated heterocycles. The Balaban J connectivity index is 2.41. The molecule has 0 spiro atoms. The summed E-state index contributed by atoms with van der Waals surface area (Å²) in [5.74, 6) is 0.304. The van der Waals surface area contributed by atoms with Crippen LogP contribution in [-0.4, -0.2) is 29.4 Å². The number of amides is 1. The van der Waals surface area contributed by atoms with Gasteiger partial charge in [-0.25, -0.2) is 0 Å². The fourth-order valence-corrected chi connectivity index (χ4v) is 2.25. The largest absolute Gasteiger partial charge is 0.340 e. The first-order valence-corrected chi connectivity index (χ1v) is 6.20. The first kappa shape index (κ1) is 12.5. The van der Waals surface area contributed by atoms with E-state index in [-0.39, 0.29) is 6.04 Å². The molecule has 1 heterocycles. The number of nitrogens with zero attached hydrogens (tertiary/aromatic N) is 1. The molecule has 3 heteroatoms. The molecule has 0 bridgehead atoms. The van der Waals surface area contributed by atoms with Crippen LogP contribution in [0.2, 0.25) is 0 Å². The Hall–Kier alpha value is -0.570. The summed E-state index contributed by atoms with van der Waals surface area (Å²) in [5, 5.41) is 0.